The van der Waals surface area contributed by atoms with Crippen LogP contribution >= 0.6 is 34.7 Å². The molecule has 2 aromatic carbocycles. The minimum atomic E-state index is -3.90. The van der Waals surface area contributed by atoms with Crippen LogP contribution in [-0.4, -0.2) is 38.0 Å². The smallest absolute Gasteiger partial charge is 0.294 e. The zero-order valence-electron chi connectivity index (χ0n) is 18.8. The van der Waals surface area contributed by atoms with E-state index in [-0.39, 0.29) is 28.4 Å². The van der Waals surface area contributed by atoms with Crippen molar-refractivity contribution >= 4 is 61.9 Å². The largest absolute Gasteiger partial charge is 0.493 e. The summed E-state index contributed by atoms with van der Waals surface area (Å²) in [6, 6.07) is 15.8. The number of likely N-dealkylation sites (N-methyl/N-ethyl adjacent to an activating group) is 1. The standard InChI is InChI=1S/C24H21ClN2O5S3/c1-3-27-23(28)21(34-24(27)26-35(29,30)22-9-6-12-33-22)14-16-10-11-19(31-2)20(13-16)32-15-17-7-4-5-8-18(17)25/h4-14H,3,15H2,1-2H3/b21-14-,26-24?. The van der Waals surface area contributed by atoms with Gasteiger partial charge in [-0.3, -0.25) is 9.69 Å². The maximum absolute atomic E-state index is 13.0. The van der Waals surface area contributed by atoms with Gasteiger partial charge >= 0.3 is 0 Å². The Morgan fingerprint density at radius 3 is 2.60 bits per heavy atom. The Labute approximate surface area is 217 Å². The van der Waals surface area contributed by atoms with Crippen molar-refractivity contribution in [3.63, 3.8) is 0 Å². The second-order valence-electron chi connectivity index (χ2n) is 7.23. The number of carbonyl (C=O) groups excluding carboxylic acids is 1. The maximum atomic E-state index is 13.0. The molecule has 1 aromatic heterocycles. The van der Waals surface area contributed by atoms with E-state index < -0.39 is 10.0 Å². The molecule has 7 nitrogen and oxygen atoms in total. The van der Waals surface area contributed by atoms with Crippen molar-refractivity contribution in [2.45, 2.75) is 17.7 Å². The van der Waals surface area contributed by atoms with Crippen molar-refractivity contribution in [2.75, 3.05) is 13.7 Å². The Bertz CT molecular complexity index is 1400. The van der Waals surface area contributed by atoms with E-state index in [0.29, 0.717) is 27.0 Å². The molecule has 1 aliphatic heterocycles. The SMILES string of the molecule is CCN1C(=O)/C(=C/c2ccc(OC)c(OCc3ccccc3Cl)c2)SC1=NS(=O)(=O)c1cccs1. The number of amidine groups is 1. The summed E-state index contributed by atoms with van der Waals surface area (Å²) < 4.78 is 40.7. The second-order valence-corrected chi connectivity index (χ2v) is 11.4. The first-order valence-electron chi connectivity index (χ1n) is 10.5. The number of nitrogens with zero attached hydrogens (tertiary/aromatic N) is 2. The molecular weight excluding hydrogens is 528 g/mol. The number of ether oxygens (including phenoxy) is 2. The minimum Gasteiger partial charge on any atom is -0.493 e. The highest BCUT2D eigenvalue weighted by molar-refractivity contribution is 8.19. The van der Waals surface area contributed by atoms with Crippen LogP contribution in [0.25, 0.3) is 6.08 Å². The van der Waals surface area contributed by atoms with Crippen molar-refractivity contribution in [1.29, 1.82) is 0 Å². The second kappa shape index (κ2) is 10.9. The van der Waals surface area contributed by atoms with Crippen molar-refractivity contribution < 1.29 is 22.7 Å². The zero-order chi connectivity index (χ0) is 25.0. The summed E-state index contributed by atoms with van der Waals surface area (Å²) in [6.07, 6.45) is 1.68. The molecule has 0 bridgehead atoms. The third-order valence-electron chi connectivity index (χ3n) is 4.98. The highest BCUT2D eigenvalue weighted by atomic mass is 35.5. The fourth-order valence-electron chi connectivity index (χ4n) is 3.23. The van der Waals surface area contributed by atoms with Gasteiger partial charge in [0.15, 0.2) is 16.7 Å². The molecule has 11 heteroatoms. The number of methoxy groups -OCH3 is 1. The van der Waals surface area contributed by atoms with Crippen LogP contribution in [0.4, 0.5) is 0 Å². The third kappa shape index (κ3) is 5.72. The number of halogens is 1. The van der Waals surface area contributed by atoms with Gasteiger partial charge in [-0.15, -0.1) is 15.7 Å². The molecule has 182 valence electrons. The molecule has 1 fully saturated rings. The van der Waals surface area contributed by atoms with Crippen molar-refractivity contribution in [3.05, 3.63) is 81.0 Å². The molecule has 0 spiro atoms. The first-order chi connectivity index (χ1) is 16.8. The first-order valence-corrected chi connectivity index (χ1v) is 14.0. The predicted octanol–water partition coefficient (Wildman–Crippen LogP) is 5.67. The van der Waals surface area contributed by atoms with Gasteiger partial charge in [0.05, 0.1) is 12.0 Å². The molecule has 0 aliphatic carbocycles. The van der Waals surface area contributed by atoms with Crippen LogP contribution in [0.1, 0.15) is 18.1 Å². The minimum absolute atomic E-state index is 0.126. The van der Waals surface area contributed by atoms with E-state index in [9.17, 15) is 13.2 Å². The number of sulfonamides is 1. The number of thioether (sulfide) groups is 1. The van der Waals surface area contributed by atoms with Gasteiger partial charge in [0.2, 0.25) is 0 Å². The topological polar surface area (TPSA) is 85.3 Å². The van der Waals surface area contributed by atoms with Crippen LogP contribution in [0.2, 0.25) is 5.02 Å². The Balaban J connectivity index is 1.61. The first kappa shape index (κ1) is 25.3. The highest BCUT2D eigenvalue weighted by Gasteiger charge is 2.34. The molecule has 35 heavy (non-hydrogen) atoms. The quantitative estimate of drug-likeness (QED) is 0.337. The lowest BCUT2D eigenvalue weighted by Gasteiger charge is -2.12. The Morgan fingerprint density at radius 1 is 1.11 bits per heavy atom. The number of thiophene rings is 1. The molecule has 4 rings (SSSR count). The van der Waals surface area contributed by atoms with Gasteiger partial charge < -0.3 is 9.47 Å². The van der Waals surface area contributed by atoms with Crippen LogP contribution in [0.5, 0.6) is 11.5 Å². The summed E-state index contributed by atoms with van der Waals surface area (Å²) in [5.41, 5.74) is 1.52. The fraction of sp³-hybridized carbons (Fsp3) is 0.167. The van der Waals surface area contributed by atoms with Crippen LogP contribution in [0, 0.1) is 0 Å². The predicted molar refractivity (Wildman–Crippen MR) is 141 cm³/mol. The van der Waals surface area contributed by atoms with E-state index in [1.165, 1.54) is 11.0 Å². The summed E-state index contributed by atoms with van der Waals surface area (Å²) in [5.74, 6) is 0.704. The van der Waals surface area contributed by atoms with Gasteiger partial charge in [0.25, 0.3) is 15.9 Å². The average Bonchev–Trinajstić information content (AvgIpc) is 3.48. The maximum Gasteiger partial charge on any atom is 0.294 e. The number of hydrogen-bond donors (Lipinski definition) is 0. The van der Waals surface area contributed by atoms with E-state index in [0.717, 1.165) is 28.7 Å². The summed E-state index contributed by atoms with van der Waals surface area (Å²) >= 11 is 8.33. The lowest BCUT2D eigenvalue weighted by molar-refractivity contribution is -0.122. The van der Waals surface area contributed by atoms with Gasteiger partial charge in [-0.25, -0.2) is 0 Å². The summed E-state index contributed by atoms with van der Waals surface area (Å²) in [4.78, 5) is 14.7. The number of amides is 1. The van der Waals surface area contributed by atoms with Gasteiger partial charge in [-0.1, -0.05) is 41.9 Å². The molecule has 1 amide bonds. The normalized spacial score (nSPS) is 16.3. The average molecular weight is 549 g/mol. The van der Waals surface area contributed by atoms with Gasteiger partial charge in [0.1, 0.15) is 10.8 Å². The Morgan fingerprint density at radius 2 is 1.91 bits per heavy atom. The van der Waals surface area contributed by atoms with Crippen molar-refractivity contribution in [2.24, 2.45) is 4.40 Å². The Hall–Kier alpha value is -2.79. The lowest BCUT2D eigenvalue weighted by Crippen LogP contribution is -2.29. The zero-order valence-corrected chi connectivity index (χ0v) is 22.0. The van der Waals surface area contributed by atoms with E-state index in [4.69, 9.17) is 21.1 Å². The summed E-state index contributed by atoms with van der Waals surface area (Å²) in [7, 11) is -2.36. The van der Waals surface area contributed by atoms with Crippen LogP contribution in [0.3, 0.4) is 0 Å². The number of carbonyl (C=O) groups is 1. The molecule has 0 N–H and O–H groups in total. The van der Waals surface area contributed by atoms with Gasteiger partial charge in [-0.2, -0.15) is 8.42 Å². The van der Waals surface area contributed by atoms with Crippen LogP contribution < -0.4 is 9.47 Å². The number of rotatable bonds is 8. The molecule has 2 heterocycles. The molecule has 3 aromatic rings. The molecule has 0 radical (unpaired) electrons. The van der Waals surface area contributed by atoms with E-state index >= 15 is 0 Å². The van der Waals surface area contributed by atoms with Crippen molar-refractivity contribution in [1.82, 2.24) is 4.90 Å². The van der Waals surface area contributed by atoms with Gasteiger partial charge in [0, 0.05) is 17.1 Å². The number of hydrogen-bond acceptors (Lipinski definition) is 7. The third-order valence-corrected chi connectivity index (χ3v) is 9.11. The molecule has 1 aliphatic rings. The Kier molecular flexibility index (Phi) is 7.85. The molecule has 1 saturated heterocycles. The molecular formula is C24H21ClN2O5S3. The summed E-state index contributed by atoms with van der Waals surface area (Å²) in [5, 5.41) is 2.39. The summed E-state index contributed by atoms with van der Waals surface area (Å²) in [6.45, 7) is 2.30. The van der Waals surface area contributed by atoms with Crippen LogP contribution in [-0.2, 0) is 21.4 Å². The number of benzene rings is 2. The van der Waals surface area contributed by atoms with E-state index in [1.807, 2.05) is 18.2 Å². The molecule has 0 unspecified atom stereocenters. The lowest BCUT2D eigenvalue weighted by atomic mass is 10.1. The van der Waals surface area contributed by atoms with Gasteiger partial charge in [-0.05, 0) is 60.0 Å². The fourth-order valence-corrected chi connectivity index (χ4v) is 6.63. The molecule has 0 atom stereocenters. The van der Waals surface area contributed by atoms with E-state index in [2.05, 4.69) is 4.40 Å². The van der Waals surface area contributed by atoms with E-state index in [1.54, 1.807) is 55.8 Å². The van der Waals surface area contributed by atoms with Crippen LogP contribution in [0.15, 0.2) is 73.5 Å². The monoisotopic (exact) mass is 548 g/mol. The highest BCUT2D eigenvalue weighted by Crippen LogP contribution is 2.36. The molecule has 0 saturated carbocycles. The van der Waals surface area contributed by atoms with Crippen molar-refractivity contribution in [3.8, 4) is 11.5 Å².